The molecule has 3 amide bonds. The number of benzene rings is 3. The molecule has 3 N–H and O–H groups in total. The number of hydrogen-bond acceptors (Lipinski definition) is 7. The molecule has 4 heterocycles. The van der Waals surface area contributed by atoms with Gasteiger partial charge < -0.3 is 10.6 Å². The Kier molecular flexibility index (Phi) is 10.1. The third-order valence-electron chi connectivity index (χ3n) is 10.2. The molecule has 0 saturated carbocycles. The summed E-state index contributed by atoms with van der Waals surface area (Å²) in [7, 11) is 3.64. The van der Waals surface area contributed by atoms with Crippen LogP contribution in [0.4, 0.5) is 5.69 Å². The van der Waals surface area contributed by atoms with Crippen LogP contribution < -0.4 is 21.6 Å². The number of aromatic nitrogens is 4. The van der Waals surface area contributed by atoms with Gasteiger partial charge in [-0.1, -0.05) is 63.8 Å². The zero-order valence-corrected chi connectivity index (χ0v) is 31.8. The van der Waals surface area contributed by atoms with Crippen LogP contribution in [0, 0.1) is 11.8 Å². The fraction of sp³-hybridized carbons (Fsp3) is 0.273. The smallest absolute Gasteiger partial charge is 0.328 e. The van der Waals surface area contributed by atoms with Gasteiger partial charge in [0.2, 0.25) is 11.8 Å². The van der Waals surface area contributed by atoms with Crippen LogP contribution in [0.3, 0.4) is 0 Å². The molecule has 0 radical (unpaired) electrons. The summed E-state index contributed by atoms with van der Waals surface area (Å²) in [6.45, 7) is 8.45. The van der Waals surface area contributed by atoms with E-state index in [0.29, 0.717) is 18.5 Å². The van der Waals surface area contributed by atoms with E-state index in [4.69, 9.17) is 4.98 Å². The lowest BCUT2D eigenvalue weighted by Gasteiger charge is -2.22. The number of carbonyl (C=O) groups excluding carboxylic acids is 3. The topological polar surface area (TPSA) is 140 Å². The number of imide groups is 1. The summed E-state index contributed by atoms with van der Waals surface area (Å²) < 4.78 is 3.43. The van der Waals surface area contributed by atoms with Crippen LogP contribution >= 0.6 is 0 Å². The standard InChI is InChI=1S/C44H43N7O4/c1-25(2)33-20-30(23-47-40(33)43(54)45-17-9-11-27-10-7-13-31(18-27)48-36-15-16-39(52)49-42(36)53)37-21-28-12-8-14-32(35(28)24-46-37)29-19-34(26(3)4)41-38(22-29)50(5)44(55)51(41)6/h7-8,10,12-14,18-26,36,48H,15-17H2,1-6H3,(H,45,54)(H,49,52,53). The average Bonchev–Trinajstić information content (AvgIpc) is 3.39. The second kappa shape index (κ2) is 15.1. The van der Waals surface area contributed by atoms with Gasteiger partial charge in [-0.2, -0.15) is 0 Å². The van der Waals surface area contributed by atoms with E-state index >= 15 is 0 Å². The minimum absolute atomic E-state index is 0.0185. The summed E-state index contributed by atoms with van der Waals surface area (Å²) in [6, 6.07) is 21.3. The number of anilines is 1. The third-order valence-corrected chi connectivity index (χ3v) is 10.2. The van der Waals surface area contributed by atoms with E-state index in [-0.39, 0.29) is 41.8 Å². The summed E-state index contributed by atoms with van der Waals surface area (Å²) in [5.41, 5.74) is 9.10. The third kappa shape index (κ3) is 7.36. The van der Waals surface area contributed by atoms with Crippen molar-refractivity contribution in [3.63, 3.8) is 0 Å². The van der Waals surface area contributed by atoms with Gasteiger partial charge in [-0.15, -0.1) is 0 Å². The first-order chi connectivity index (χ1) is 26.4. The zero-order valence-electron chi connectivity index (χ0n) is 31.8. The molecule has 1 saturated heterocycles. The Morgan fingerprint density at radius 2 is 1.65 bits per heavy atom. The molecule has 0 spiro atoms. The molecule has 7 rings (SSSR count). The number of carbonyl (C=O) groups is 3. The predicted molar refractivity (Wildman–Crippen MR) is 216 cm³/mol. The van der Waals surface area contributed by atoms with E-state index in [2.05, 4.69) is 70.9 Å². The molecule has 1 unspecified atom stereocenters. The number of aryl methyl sites for hydroxylation is 2. The van der Waals surface area contributed by atoms with Crippen LogP contribution in [-0.2, 0) is 23.7 Å². The molecule has 0 bridgehead atoms. The number of pyridine rings is 2. The summed E-state index contributed by atoms with van der Waals surface area (Å²) >= 11 is 0. The number of hydrogen-bond donors (Lipinski definition) is 3. The first kappa shape index (κ1) is 36.8. The Morgan fingerprint density at radius 3 is 2.42 bits per heavy atom. The van der Waals surface area contributed by atoms with Crippen LogP contribution in [0.5, 0.6) is 0 Å². The highest BCUT2D eigenvalue weighted by molar-refractivity contribution is 6.02. The Bertz CT molecular complexity index is 2640. The van der Waals surface area contributed by atoms with Gasteiger partial charge in [0.25, 0.3) is 5.91 Å². The van der Waals surface area contributed by atoms with Gasteiger partial charge in [0, 0.05) is 55.1 Å². The van der Waals surface area contributed by atoms with Crippen LogP contribution in [0.25, 0.3) is 44.2 Å². The minimum Gasteiger partial charge on any atom is -0.374 e. The van der Waals surface area contributed by atoms with Gasteiger partial charge in [-0.05, 0) is 88.4 Å². The Balaban J connectivity index is 1.09. The van der Waals surface area contributed by atoms with Crippen molar-refractivity contribution >= 4 is 45.2 Å². The molecular formula is C44H43N7O4. The highest BCUT2D eigenvalue weighted by Crippen LogP contribution is 2.36. The molecule has 3 aromatic carbocycles. The number of nitrogens with zero attached hydrogens (tertiary/aromatic N) is 4. The number of piperidine rings is 1. The van der Waals surface area contributed by atoms with E-state index in [0.717, 1.165) is 66.6 Å². The van der Waals surface area contributed by atoms with Crippen molar-refractivity contribution in [3.05, 3.63) is 112 Å². The van der Waals surface area contributed by atoms with Crippen LogP contribution in [0.15, 0.2) is 83.9 Å². The molecule has 1 aliphatic heterocycles. The molecular weight excluding hydrogens is 691 g/mol. The zero-order chi connectivity index (χ0) is 39.0. The van der Waals surface area contributed by atoms with Crippen molar-refractivity contribution in [3.8, 4) is 34.2 Å². The summed E-state index contributed by atoms with van der Waals surface area (Å²) in [6.07, 6.45) is 4.29. The fourth-order valence-corrected chi connectivity index (χ4v) is 7.19. The minimum atomic E-state index is -0.488. The fourth-order valence-electron chi connectivity index (χ4n) is 7.19. The van der Waals surface area contributed by atoms with E-state index < -0.39 is 6.04 Å². The SMILES string of the molecule is CC(C)c1cc(-c2cc3cccc(-c4cc(C(C)C)c5c(c4)n(C)c(=O)n5C)c3cn2)cnc1C(=O)NCC#Cc1cccc(NC2CCC(=O)NC2=O)c1. The molecule has 278 valence electrons. The van der Waals surface area contributed by atoms with E-state index in [1.54, 1.807) is 15.3 Å². The number of nitrogens with one attached hydrogen (secondary N) is 3. The molecule has 11 heteroatoms. The average molecular weight is 734 g/mol. The maximum Gasteiger partial charge on any atom is 0.328 e. The number of fused-ring (bicyclic) bond motifs is 2. The summed E-state index contributed by atoms with van der Waals surface area (Å²) in [4.78, 5) is 59.3. The van der Waals surface area contributed by atoms with Crippen LogP contribution in [0.2, 0.25) is 0 Å². The predicted octanol–water partition coefficient (Wildman–Crippen LogP) is 6.40. The number of imidazole rings is 1. The highest BCUT2D eigenvalue weighted by atomic mass is 16.2. The first-order valence-corrected chi connectivity index (χ1v) is 18.5. The molecule has 0 aliphatic carbocycles. The first-order valence-electron chi connectivity index (χ1n) is 18.5. The lowest BCUT2D eigenvalue weighted by molar-refractivity contribution is -0.133. The molecule has 1 atom stereocenters. The van der Waals surface area contributed by atoms with Gasteiger partial charge in [-0.3, -0.25) is 38.8 Å². The molecule has 6 aromatic rings. The molecule has 1 aliphatic rings. The Hall–Kier alpha value is -6.54. The monoisotopic (exact) mass is 733 g/mol. The van der Waals surface area contributed by atoms with Crippen molar-refractivity contribution < 1.29 is 14.4 Å². The normalized spacial score (nSPS) is 14.3. The van der Waals surface area contributed by atoms with Gasteiger partial charge >= 0.3 is 5.69 Å². The molecule has 3 aromatic heterocycles. The molecule has 1 fully saturated rings. The van der Waals surface area contributed by atoms with Crippen molar-refractivity contribution in [1.82, 2.24) is 29.7 Å². The number of amides is 3. The molecule has 55 heavy (non-hydrogen) atoms. The van der Waals surface area contributed by atoms with Gasteiger partial charge in [-0.25, -0.2) is 4.79 Å². The summed E-state index contributed by atoms with van der Waals surface area (Å²) in [5, 5.41) is 10.4. The Morgan fingerprint density at radius 1 is 0.891 bits per heavy atom. The van der Waals surface area contributed by atoms with Gasteiger partial charge in [0.15, 0.2) is 0 Å². The number of rotatable bonds is 8. The quantitative estimate of drug-likeness (QED) is 0.122. The lowest BCUT2D eigenvalue weighted by Crippen LogP contribution is -2.47. The van der Waals surface area contributed by atoms with Crippen molar-refractivity contribution in [2.24, 2.45) is 14.1 Å². The van der Waals surface area contributed by atoms with Crippen LogP contribution in [-0.4, -0.2) is 49.4 Å². The summed E-state index contributed by atoms with van der Waals surface area (Å²) in [5.74, 6) is 5.39. The van der Waals surface area contributed by atoms with Crippen LogP contribution in [0.1, 0.15) is 79.6 Å². The largest absolute Gasteiger partial charge is 0.374 e. The maximum absolute atomic E-state index is 13.3. The van der Waals surface area contributed by atoms with Crippen molar-refractivity contribution in [1.29, 1.82) is 0 Å². The van der Waals surface area contributed by atoms with Crippen molar-refractivity contribution in [2.45, 2.75) is 58.4 Å². The van der Waals surface area contributed by atoms with E-state index in [9.17, 15) is 19.2 Å². The Labute approximate surface area is 319 Å². The van der Waals surface area contributed by atoms with Crippen molar-refractivity contribution in [2.75, 3.05) is 11.9 Å². The van der Waals surface area contributed by atoms with Gasteiger partial charge in [0.1, 0.15) is 11.7 Å². The second-order valence-corrected chi connectivity index (χ2v) is 14.6. The van der Waals surface area contributed by atoms with Gasteiger partial charge in [0.05, 0.1) is 23.3 Å². The highest BCUT2D eigenvalue weighted by Gasteiger charge is 2.26. The van der Waals surface area contributed by atoms with E-state index in [1.165, 1.54) is 0 Å². The maximum atomic E-state index is 13.3. The second-order valence-electron chi connectivity index (χ2n) is 14.6. The lowest BCUT2D eigenvalue weighted by atomic mass is 9.93. The molecule has 11 nitrogen and oxygen atoms in total. The van der Waals surface area contributed by atoms with E-state index in [1.807, 2.05) is 76.6 Å².